The van der Waals surface area contributed by atoms with Crippen molar-refractivity contribution in [1.29, 1.82) is 0 Å². The van der Waals surface area contributed by atoms with Crippen molar-refractivity contribution in [2.45, 2.75) is 19.8 Å². The normalized spacial score (nSPS) is 15.0. The number of nitrogens with zero attached hydrogens (tertiary/aromatic N) is 1. The molecule has 29 heavy (non-hydrogen) atoms. The van der Waals surface area contributed by atoms with Gasteiger partial charge in [-0.2, -0.15) is 0 Å². The molecule has 2 amide bonds. The number of nitrogens with one attached hydrogen (secondary N) is 2. The Morgan fingerprint density at radius 2 is 1.93 bits per heavy atom. The Morgan fingerprint density at radius 1 is 1.14 bits per heavy atom. The Kier molecular flexibility index (Phi) is 6.38. The van der Waals surface area contributed by atoms with Gasteiger partial charge >= 0.3 is 12.0 Å². The molecule has 0 spiro atoms. The van der Waals surface area contributed by atoms with Gasteiger partial charge in [-0.1, -0.05) is 19.1 Å². The fraction of sp³-hybridized carbons (Fsp3) is 0.300. The van der Waals surface area contributed by atoms with E-state index in [1.807, 2.05) is 6.92 Å². The van der Waals surface area contributed by atoms with Gasteiger partial charge in [0.25, 0.3) is 0 Å². The predicted octanol–water partition coefficient (Wildman–Crippen LogP) is 2.98. The maximum absolute atomic E-state index is 12.5. The average molecular weight is 417 g/mol. The molecular formula is C20H23N3O5S. The fourth-order valence-corrected chi connectivity index (χ4v) is 4.49. The molecule has 1 fully saturated rings. The van der Waals surface area contributed by atoms with Crippen molar-refractivity contribution < 1.29 is 22.7 Å². The second-order valence-electron chi connectivity index (χ2n) is 6.59. The topological polar surface area (TPSA) is 105 Å². The number of rotatable bonds is 6. The van der Waals surface area contributed by atoms with Crippen molar-refractivity contribution in [3.8, 4) is 5.75 Å². The third-order valence-corrected chi connectivity index (χ3v) is 6.18. The van der Waals surface area contributed by atoms with Crippen LogP contribution in [0.5, 0.6) is 5.75 Å². The lowest BCUT2D eigenvalue weighted by Gasteiger charge is -2.17. The van der Waals surface area contributed by atoms with E-state index in [-0.39, 0.29) is 23.1 Å². The molecule has 0 aliphatic carbocycles. The van der Waals surface area contributed by atoms with Crippen molar-refractivity contribution >= 4 is 33.4 Å². The number of ether oxygens (including phenoxy) is 1. The minimum absolute atomic E-state index is 0.104. The highest BCUT2D eigenvalue weighted by Gasteiger charge is 2.28. The molecule has 1 saturated heterocycles. The summed E-state index contributed by atoms with van der Waals surface area (Å²) >= 11 is 0. The Bertz CT molecular complexity index is 1010. The summed E-state index contributed by atoms with van der Waals surface area (Å²) in [5, 5.41) is 5.37. The molecule has 1 aliphatic heterocycles. The number of esters is 1. The molecule has 2 aromatic rings. The van der Waals surface area contributed by atoms with E-state index in [0.29, 0.717) is 30.9 Å². The van der Waals surface area contributed by atoms with Crippen molar-refractivity contribution in [1.82, 2.24) is 5.32 Å². The molecule has 0 unspecified atom stereocenters. The van der Waals surface area contributed by atoms with Crippen LogP contribution in [0.4, 0.5) is 16.2 Å². The number of benzene rings is 2. The van der Waals surface area contributed by atoms with Gasteiger partial charge in [0.05, 0.1) is 17.0 Å². The van der Waals surface area contributed by atoms with Gasteiger partial charge in [-0.25, -0.2) is 18.0 Å². The first kappa shape index (κ1) is 20.7. The zero-order valence-electron chi connectivity index (χ0n) is 16.1. The summed E-state index contributed by atoms with van der Waals surface area (Å²) < 4.78 is 30.9. The lowest BCUT2D eigenvalue weighted by molar-refractivity contribution is 0.0735. The number of carbonyl (C=O) groups is 2. The summed E-state index contributed by atoms with van der Waals surface area (Å²) in [6.07, 6.45) is 1.38. The number of anilines is 2. The minimum Gasteiger partial charge on any atom is -0.423 e. The van der Waals surface area contributed by atoms with Crippen LogP contribution in [-0.2, 0) is 10.0 Å². The maximum Gasteiger partial charge on any atom is 0.343 e. The van der Waals surface area contributed by atoms with Crippen LogP contribution in [0.25, 0.3) is 0 Å². The van der Waals surface area contributed by atoms with Crippen LogP contribution in [0.2, 0.25) is 0 Å². The van der Waals surface area contributed by atoms with Crippen molar-refractivity contribution in [2.24, 2.45) is 0 Å². The van der Waals surface area contributed by atoms with Gasteiger partial charge in [0.2, 0.25) is 10.0 Å². The Hall–Kier alpha value is -3.07. The second-order valence-corrected chi connectivity index (χ2v) is 8.60. The Labute approximate surface area is 169 Å². The summed E-state index contributed by atoms with van der Waals surface area (Å²) in [6, 6.07) is 12.5. The molecule has 9 heteroatoms. The molecule has 8 nitrogen and oxygen atoms in total. The van der Waals surface area contributed by atoms with Crippen LogP contribution >= 0.6 is 0 Å². The van der Waals surface area contributed by atoms with Crippen LogP contribution in [0.1, 0.15) is 30.1 Å². The number of amides is 2. The predicted molar refractivity (Wildman–Crippen MR) is 111 cm³/mol. The van der Waals surface area contributed by atoms with E-state index in [4.69, 9.17) is 4.74 Å². The molecule has 2 aromatic carbocycles. The van der Waals surface area contributed by atoms with Crippen LogP contribution in [0, 0.1) is 0 Å². The largest absolute Gasteiger partial charge is 0.423 e. The molecule has 3 rings (SSSR count). The van der Waals surface area contributed by atoms with Crippen molar-refractivity contribution in [3.05, 3.63) is 54.1 Å². The SMILES string of the molecule is CCCNC(=O)Nc1cccc(OC(=O)c2cccc(N3CCCS3(=O)=O)c2)c1. The smallest absolute Gasteiger partial charge is 0.343 e. The van der Waals surface area contributed by atoms with E-state index in [1.54, 1.807) is 36.4 Å². The lowest BCUT2D eigenvalue weighted by Crippen LogP contribution is -2.29. The quantitative estimate of drug-likeness (QED) is 0.555. The zero-order valence-corrected chi connectivity index (χ0v) is 16.9. The fourth-order valence-electron chi connectivity index (χ4n) is 2.93. The first-order valence-electron chi connectivity index (χ1n) is 9.36. The van der Waals surface area contributed by atoms with Crippen molar-refractivity contribution in [2.75, 3.05) is 28.5 Å². The van der Waals surface area contributed by atoms with Gasteiger partial charge in [-0.3, -0.25) is 4.31 Å². The summed E-state index contributed by atoms with van der Waals surface area (Å²) in [4.78, 5) is 24.3. The standard InChI is InChI=1S/C20H23N3O5S/c1-2-10-21-20(25)22-16-7-4-9-18(14-16)28-19(24)15-6-3-8-17(13-15)23-11-5-12-29(23,26)27/h3-4,6-9,13-14H,2,5,10-12H2,1H3,(H2,21,22,25). The van der Waals surface area contributed by atoms with Gasteiger partial charge in [0.1, 0.15) is 5.75 Å². The highest BCUT2D eigenvalue weighted by Crippen LogP contribution is 2.25. The third-order valence-electron chi connectivity index (χ3n) is 4.31. The number of carbonyl (C=O) groups excluding carboxylic acids is 2. The second kappa shape index (κ2) is 8.95. The van der Waals surface area contributed by atoms with Gasteiger partial charge in [-0.15, -0.1) is 0 Å². The molecule has 0 radical (unpaired) electrons. The highest BCUT2D eigenvalue weighted by molar-refractivity contribution is 7.93. The monoisotopic (exact) mass is 417 g/mol. The summed E-state index contributed by atoms with van der Waals surface area (Å²) in [5.41, 5.74) is 1.17. The van der Waals surface area contributed by atoms with E-state index < -0.39 is 16.0 Å². The summed E-state index contributed by atoms with van der Waals surface area (Å²) in [7, 11) is -3.33. The number of sulfonamides is 1. The maximum atomic E-state index is 12.5. The van der Waals surface area contributed by atoms with E-state index in [2.05, 4.69) is 10.6 Å². The first-order valence-corrected chi connectivity index (χ1v) is 11.0. The summed E-state index contributed by atoms with van der Waals surface area (Å²) in [6.45, 7) is 2.91. The molecule has 154 valence electrons. The van der Waals surface area contributed by atoms with Crippen molar-refractivity contribution in [3.63, 3.8) is 0 Å². The van der Waals surface area contributed by atoms with Gasteiger partial charge < -0.3 is 15.4 Å². The molecule has 0 bridgehead atoms. The third kappa shape index (κ3) is 5.26. The molecule has 0 saturated carbocycles. The van der Waals surface area contributed by atoms with Gasteiger partial charge in [0, 0.05) is 24.8 Å². The highest BCUT2D eigenvalue weighted by atomic mass is 32.2. The number of urea groups is 1. The average Bonchev–Trinajstić information content (AvgIpc) is 3.05. The van der Waals surface area contributed by atoms with E-state index in [1.165, 1.54) is 16.4 Å². The molecule has 1 aliphatic rings. The Balaban J connectivity index is 1.70. The number of hydrogen-bond acceptors (Lipinski definition) is 5. The lowest BCUT2D eigenvalue weighted by atomic mass is 10.2. The first-order chi connectivity index (χ1) is 13.9. The Morgan fingerprint density at radius 3 is 2.66 bits per heavy atom. The van der Waals surface area contributed by atoms with E-state index in [0.717, 1.165) is 6.42 Å². The van der Waals surface area contributed by atoms with Crippen LogP contribution in [0.3, 0.4) is 0 Å². The van der Waals surface area contributed by atoms with Gasteiger partial charge in [0.15, 0.2) is 0 Å². The number of hydrogen-bond donors (Lipinski definition) is 2. The van der Waals surface area contributed by atoms with E-state index in [9.17, 15) is 18.0 Å². The molecular weight excluding hydrogens is 394 g/mol. The van der Waals surface area contributed by atoms with Gasteiger partial charge in [-0.05, 0) is 43.2 Å². The molecule has 2 N–H and O–H groups in total. The molecule has 1 heterocycles. The molecule has 0 atom stereocenters. The van der Waals surface area contributed by atoms with E-state index >= 15 is 0 Å². The van der Waals surface area contributed by atoms with Crippen LogP contribution < -0.4 is 19.7 Å². The molecule has 0 aromatic heterocycles. The van der Waals surface area contributed by atoms with Crippen LogP contribution in [0.15, 0.2) is 48.5 Å². The summed E-state index contributed by atoms with van der Waals surface area (Å²) in [5.74, 6) is -0.244. The van der Waals surface area contributed by atoms with Crippen LogP contribution in [-0.4, -0.2) is 39.3 Å². The minimum atomic E-state index is -3.33. The zero-order chi connectivity index (χ0) is 20.9.